The Morgan fingerprint density at radius 2 is 0.930 bits per heavy atom. The average molecular weight is 554 g/mol. The third kappa shape index (κ3) is 4.49. The van der Waals surface area contributed by atoms with Crippen molar-refractivity contribution >= 4 is 21.8 Å². The lowest BCUT2D eigenvalue weighted by Gasteiger charge is -2.10. The fourth-order valence-corrected chi connectivity index (χ4v) is 5.40. The average Bonchev–Trinajstić information content (AvgIpc) is 3.43. The Bertz CT molecular complexity index is 2100. The van der Waals surface area contributed by atoms with Crippen molar-refractivity contribution < 1.29 is 0 Å². The molecule has 202 valence electrons. The zero-order valence-corrected chi connectivity index (χ0v) is 22.9. The summed E-state index contributed by atoms with van der Waals surface area (Å²) in [4.78, 5) is 27.8. The Hall–Kier alpha value is -6.08. The second-order valence-electron chi connectivity index (χ2n) is 10.1. The lowest BCUT2D eigenvalue weighted by Crippen LogP contribution is -2.02. The van der Waals surface area contributed by atoms with Crippen LogP contribution in [0.4, 0.5) is 0 Å². The van der Waals surface area contributed by atoms with E-state index in [-0.39, 0.29) is 0 Å². The van der Waals surface area contributed by atoms with E-state index in [4.69, 9.17) is 15.0 Å². The topological polar surface area (TPSA) is 82.3 Å². The van der Waals surface area contributed by atoms with Crippen molar-refractivity contribution in [2.24, 2.45) is 0 Å². The van der Waals surface area contributed by atoms with Gasteiger partial charge in [0.1, 0.15) is 11.4 Å². The van der Waals surface area contributed by atoms with Crippen LogP contribution < -0.4 is 0 Å². The summed E-state index contributed by atoms with van der Waals surface area (Å²) in [5, 5.41) is 2.49. The second-order valence-corrected chi connectivity index (χ2v) is 10.1. The quantitative estimate of drug-likeness (QED) is 0.216. The molecule has 0 bridgehead atoms. The number of benzene rings is 3. The summed E-state index contributed by atoms with van der Waals surface area (Å²) in [5.41, 5.74) is 7.47. The second kappa shape index (κ2) is 10.4. The van der Waals surface area contributed by atoms with Gasteiger partial charge >= 0.3 is 0 Å². The minimum atomic E-state index is 0.482. The number of nitrogens with zero attached hydrogens (tertiary/aromatic N) is 7. The lowest BCUT2D eigenvalue weighted by atomic mass is 10.1. The normalized spacial score (nSPS) is 11.3. The molecule has 0 aliphatic heterocycles. The molecule has 8 aromatic rings. The highest BCUT2D eigenvalue weighted by atomic mass is 15.1. The molecule has 7 nitrogen and oxygen atoms in total. The molecule has 0 atom stereocenters. The summed E-state index contributed by atoms with van der Waals surface area (Å²) >= 11 is 0. The van der Waals surface area contributed by atoms with Crippen LogP contribution >= 0.6 is 0 Å². The van der Waals surface area contributed by atoms with Crippen LogP contribution in [-0.2, 0) is 0 Å². The van der Waals surface area contributed by atoms with E-state index in [1.807, 2.05) is 48.5 Å². The van der Waals surface area contributed by atoms with Crippen molar-refractivity contribution in [2.75, 3.05) is 0 Å². The van der Waals surface area contributed by atoms with Crippen molar-refractivity contribution in [3.8, 4) is 51.4 Å². The molecule has 8 rings (SSSR count). The molecule has 0 fully saturated rings. The van der Waals surface area contributed by atoms with Gasteiger partial charge in [-0.25, -0.2) is 15.0 Å². The summed E-state index contributed by atoms with van der Waals surface area (Å²) < 4.78 is 2.31. The fraction of sp³-hybridized carbons (Fsp3) is 0. The van der Waals surface area contributed by atoms with Crippen LogP contribution in [-0.4, -0.2) is 34.5 Å². The van der Waals surface area contributed by atoms with Gasteiger partial charge in [0.05, 0.1) is 16.7 Å². The Morgan fingerprint density at radius 1 is 0.395 bits per heavy atom. The minimum Gasteiger partial charge on any atom is -0.309 e. The number of hydrogen-bond donors (Lipinski definition) is 0. The van der Waals surface area contributed by atoms with Crippen LogP contribution in [0.1, 0.15) is 0 Å². The molecule has 0 radical (unpaired) electrons. The van der Waals surface area contributed by atoms with Crippen LogP contribution in [0.5, 0.6) is 0 Å². The van der Waals surface area contributed by atoms with E-state index in [1.165, 1.54) is 21.8 Å². The first-order chi connectivity index (χ1) is 21.3. The summed E-state index contributed by atoms with van der Waals surface area (Å²) in [6.45, 7) is 0. The van der Waals surface area contributed by atoms with Gasteiger partial charge in [0.25, 0.3) is 0 Å². The SMILES string of the molecule is c1ccc(-c2nc(-c3ccc(-c4ccc(-n5c6ccccc6c6ccccc65)cc4)nc3)nc(-c3ccccn3)n2)nc1. The van der Waals surface area contributed by atoms with Crippen molar-refractivity contribution in [2.45, 2.75) is 0 Å². The van der Waals surface area contributed by atoms with E-state index in [2.05, 4.69) is 92.3 Å². The molecule has 5 heterocycles. The van der Waals surface area contributed by atoms with E-state index in [0.29, 0.717) is 28.9 Å². The zero-order valence-electron chi connectivity index (χ0n) is 22.9. The third-order valence-electron chi connectivity index (χ3n) is 7.45. The third-order valence-corrected chi connectivity index (χ3v) is 7.45. The first-order valence-corrected chi connectivity index (χ1v) is 14.0. The summed E-state index contributed by atoms with van der Waals surface area (Å²) in [6.07, 6.45) is 5.25. The van der Waals surface area contributed by atoms with Crippen LogP contribution in [0.25, 0.3) is 73.2 Å². The molecule has 7 heteroatoms. The van der Waals surface area contributed by atoms with E-state index in [9.17, 15) is 0 Å². The molecule has 0 aliphatic rings. The predicted molar refractivity (Wildman–Crippen MR) is 169 cm³/mol. The van der Waals surface area contributed by atoms with Gasteiger partial charge in [0.2, 0.25) is 0 Å². The lowest BCUT2D eigenvalue weighted by molar-refractivity contribution is 1.04. The van der Waals surface area contributed by atoms with E-state index in [1.54, 1.807) is 18.6 Å². The van der Waals surface area contributed by atoms with Crippen LogP contribution in [0.15, 0.2) is 140 Å². The maximum atomic E-state index is 4.78. The Kier molecular flexibility index (Phi) is 5.97. The van der Waals surface area contributed by atoms with Gasteiger partial charge in [0.15, 0.2) is 17.5 Å². The molecule has 0 spiro atoms. The smallest absolute Gasteiger partial charge is 0.182 e. The highest BCUT2D eigenvalue weighted by Crippen LogP contribution is 2.32. The van der Waals surface area contributed by atoms with Gasteiger partial charge in [-0.2, -0.15) is 0 Å². The summed E-state index contributed by atoms with van der Waals surface area (Å²) in [6, 6.07) is 40.9. The molecule has 0 amide bonds. The Labute approximate surface area is 247 Å². The highest BCUT2D eigenvalue weighted by molar-refractivity contribution is 6.09. The molecule has 3 aromatic carbocycles. The van der Waals surface area contributed by atoms with E-state index in [0.717, 1.165) is 22.5 Å². The van der Waals surface area contributed by atoms with Crippen LogP contribution in [0.2, 0.25) is 0 Å². The zero-order chi connectivity index (χ0) is 28.6. The fourth-order valence-electron chi connectivity index (χ4n) is 5.40. The maximum Gasteiger partial charge on any atom is 0.182 e. The number of para-hydroxylation sites is 2. The Morgan fingerprint density at radius 3 is 1.47 bits per heavy atom. The van der Waals surface area contributed by atoms with Gasteiger partial charge in [0, 0.05) is 46.2 Å². The van der Waals surface area contributed by atoms with Gasteiger partial charge in [-0.3, -0.25) is 15.0 Å². The minimum absolute atomic E-state index is 0.482. The number of aromatic nitrogens is 7. The largest absolute Gasteiger partial charge is 0.309 e. The first kappa shape index (κ1) is 24.7. The maximum absolute atomic E-state index is 4.78. The van der Waals surface area contributed by atoms with Crippen LogP contribution in [0.3, 0.4) is 0 Å². The molecular formula is C36H23N7. The van der Waals surface area contributed by atoms with Crippen molar-refractivity contribution in [1.29, 1.82) is 0 Å². The predicted octanol–water partition coefficient (Wildman–Crippen LogP) is 7.82. The Balaban J connectivity index is 1.15. The number of fused-ring (bicyclic) bond motifs is 3. The molecule has 43 heavy (non-hydrogen) atoms. The van der Waals surface area contributed by atoms with Gasteiger partial charge in [-0.05, 0) is 60.7 Å². The molecule has 0 saturated carbocycles. The van der Waals surface area contributed by atoms with Gasteiger partial charge in [-0.1, -0.05) is 60.7 Å². The number of hydrogen-bond acceptors (Lipinski definition) is 6. The van der Waals surface area contributed by atoms with Gasteiger partial charge < -0.3 is 4.57 Å². The molecule has 5 aromatic heterocycles. The first-order valence-electron chi connectivity index (χ1n) is 14.0. The van der Waals surface area contributed by atoms with Crippen molar-refractivity contribution in [3.05, 3.63) is 140 Å². The van der Waals surface area contributed by atoms with E-state index < -0.39 is 0 Å². The van der Waals surface area contributed by atoms with Crippen LogP contribution in [0, 0.1) is 0 Å². The highest BCUT2D eigenvalue weighted by Gasteiger charge is 2.15. The molecule has 0 saturated heterocycles. The number of rotatable bonds is 5. The molecule has 0 N–H and O–H groups in total. The summed E-state index contributed by atoms with van der Waals surface area (Å²) in [7, 11) is 0. The monoisotopic (exact) mass is 553 g/mol. The van der Waals surface area contributed by atoms with Gasteiger partial charge in [-0.15, -0.1) is 0 Å². The van der Waals surface area contributed by atoms with E-state index >= 15 is 0 Å². The standard InChI is InChI=1S/C36H23N7/c1-3-13-32-27(9-1)28-10-2-4-14-33(28)43(32)26-18-15-24(16-19-26)29-20-17-25(23-39-29)34-40-35(30-11-5-7-21-37-30)42-36(41-34)31-12-6-8-22-38-31/h1-23H. The molecular weight excluding hydrogens is 530 g/mol. The number of pyridine rings is 3. The van der Waals surface area contributed by atoms with Crippen molar-refractivity contribution in [3.63, 3.8) is 0 Å². The van der Waals surface area contributed by atoms with Crippen molar-refractivity contribution in [1.82, 2.24) is 34.5 Å². The molecule has 0 unspecified atom stereocenters. The summed E-state index contributed by atoms with van der Waals surface area (Å²) in [5.74, 6) is 1.48. The molecule has 0 aliphatic carbocycles.